The van der Waals surface area contributed by atoms with Crippen LogP contribution in [0.25, 0.3) is 0 Å². The lowest BCUT2D eigenvalue weighted by Crippen LogP contribution is -2.18. The van der Waals surface area contributed by atoms with Crippen LogP contribution < -0.4 is 5.32 Å². The Kier molecular flexibility index (Phi) is 4.18. The van der Waals surface area contributed by atoms with Crippen molar-refractivity contribution in [3.63, 3.8) is 0 Å². The monoisotopic (exact) mass is 233 g/mol. The zero-order chi connectivity index (χ0) is 12.1. The predicted molar refractivity (Wildman–Crippen MR) is 70.8 cm³/mol. The quantitative estimate of drug-likeness (QED) is 0.745. The number of anilines is 1. The molecule has 1 aliphatic rings. The van der Waals surface area contributed by atoms with Crippen LogP contribution in [0.1, 0.15) is 37.7 Å². The maximum absolute atomic E-state index is 13.9. The Morgan fingerprint density at radius 1 is 1.24 bits per heavy atom. The summed E-state index contributed by atoms with van der Waals surface area (Å²) in [6.07, 6.45) is 10.4. The lowest BCUT2D eigenvalue weighted by Gasteiger charge is -2.19. The molecule has 0 saturated heterocycles. The molecule has 17 heavy (non-hydrogen) atoms. The van der Waals surface area contributed by atoms with Gasteiger partial charge in [0.1, 0.15) is 5.82 Å². The summed E-state index contributed by atoms with van der Waals surface area (Å²) in [6, 6.07) is 5.78. The standard InChI is InChI=1S/C15H20FN/c1-12-8-7-11-14(15(12)16)17-13-9-5-3-2-4-6-10-13/h5,7-9,11,13,17H,2-4,6,10H2,1H3/b9-5+. The third-order valence-corrected chi connectivity index (χ3v) is 3.29. The van der Waals surface area contributed by atoms with Gasteiger partial charge in [0.25, 0.3) is 0 Å². The number of benzene rings is 1. The van der Waals surface area contributed by atoms with Gasteiger partial charge in [-0.05, 0) is 37.8 Å². The van der Waals surface area contributed by atoms with Crippen LogP contribution in [-0.2, 0) is 0 Å². The van der Waals surface area contributed by atoms with Crippen molar-refractivity contribution in [2.75, 3.05) is 5.32 Å². The molecule has 0 fully saturated rings. The molecule has 0 heterocycles. The van der Waals surface area contributed by atoms with E-state index in [0.29, 0.717) is 11.3 Å². The smallest absolute Gasteiger partial charge is 0.149 e. The molecule has 1 aliphatic carbocycles. The Bertz CT molecular complexity index is 398. The summed E-state index contributed by atoms with van der Waals surface area (Å²) in [4.78, 5) is 0. The van der Waals surface area contributed by atoms with Crippen LogP contribution in [0, 0.1) is 12.7 Å². The first kappa shape index (κ1) is 12.2. The van der Waals surface area contributed by atoms with Crippen LogP contribution in [0.4, 0.5) is 10.1 Å². The van der Waals surface area contributed by atoms with Gasteiger partial charge < -0.3 is 5.32 Å². The van der Waals surface area contributed by atoms with E-state index in [4.69, 9.17) is 0 Å². The van der Waals surface area contributed by atoms with Gasteiger partial charge in [0, 0.05) is 6.04 Å². The van der Waals surface area contributed by atoms with Crippen molar-refractivity contribution in [1.82, 2.24) is 0 Å². The first-order chi connectivity index (χ1) is 8.27. The Morgan fingerprint density at radius 2 is 2.12 bits per heavy atom. The summed E-state index contributed by atoms with van der Waals surface area (Å²) in [5.74, 6) is -0.122. The average molecular weight is 233 g/mol. The van der Waals surface area contributed by atoms with E-state index < -0.39 is 0 Å². The number of hydrogen-bond donors (Lipinski definition) is 1. The van der Waals surface area contributed by atoms with Gasteiger partial charge >= 0.3 is 0 Å². The van der Waals surface area contributed by atoms with Crippen molar-refractivity contribution in [3.05, 3.63) is 41.7 Å². The van der Waals surface area contributed by atoms with E-state index in [1.165, 1.54) is 19.3 Å². The van der Waals surface area contributed by atoms with Gasteiger partial charge in [-0.3, -0.25) is 0 Å². The van der Waals surface area contributed by atoms with Gasteiger partial charge in [0.2, 0.25) is 0 Å². The molecule has 0 saturated carbocycles. The topological polar surface area (TPSA) is 12.0 Å². The van der Waals surface area contributed by atoms with Gasteiger partial charge in [-0.25, -0.2) is 4.39 Å². The minimum atomic E-state index is -0.122. The van der Waals surface area contributed by atoms with Crippen molar-refractivity contribution in [3.8, 4) is 0 Å². The Balaban J connectivity index is 2.08. The molecule has 0 spiro atoms. The van der Waals surface area contributed by atoms with E-state index in [9.17, 15) is 4.39 Å². The van der Waals surface area contributed by atoms with Crippen LogP contribution in [0.15, 0.2) is 30.4 Å². The number of aryl methyl sites for hydroxylation is 1. The zero-order valence-corrected chi connectivity index (χ0v) is 10.4. The molecule has 1 aromatic rings. The second-order valence-electron chi connectivity index (χ2n) is 4.75. The third kappa shape index (κ3) is 3.32. The lowest BCUT2D eigenvalue weighted by atomic mass is 10.0. The van der Waals surface area contributed by atoms with E-state index in [2.05, 4.69) is 17.5 Å². The normalized spacial score (nSPS) is 22.6. The highest BCUT2D eigenvalue weighted by atomic mass is 19.1. The predicted octanol–water partition coefficient (Wildman–Crippen LogP) is 4.43. The van der Waals surface area contributed by atoms with Gasteiger partial charge in [0.15, 0.2) is 0 Å². The highest BCUT2D eigenvalue weighted by Gasteiger charge is 2.10. The summed E-state index contributed by atoms with van der Waals surface area (Å²) in [5, 5.41) is 3.30. The molecule has 1 atom stereocenters. The molecule has 2 heteroatoms. The third-order valence-electron chi connectivity index (χ3n) is 3.29. The average Bonchev–Trinajstić information content (AvgIpc) is 2.28. The van der Waals surface area contributed by atoms with Crippen molar-refractivity contribution < 1.29 is 4.39 Å². The molecule has 1 nitrogen and oxygen atoms in total. The number of hydrogen-bond acceptors (Lipinski definition) is 1. The molecule has 1 unspecified atom stereocenters. The number of nitrogens with one attached hydrogen (secondary N) is 1. The molecule has 0 aromatic heterocycles. The molecular weight excluding hydrogens is 213 g/mol. The zero-order valence-electron chi connectivity index (χ0n) is 10.4. The van der Waals surface area contributed by atoms with Gasteiger partial charge in [-0.1, -0.05) is 37.1 Å². The fourth-order valence-corrected chi connectivity index (χ4v) is 2.24. The van der Waals surface area contributed by atoms with Crippen LogP contribution in [0.3, 0.4) is 0 Å². The number of halogens is 1. The van der Waals surface area contributed by atoms with Gasteiger partial charge in [-0.15, -0.1) is 0 Å². The van der Waals surface area contributed by atoms with Crippen LogP contribution in [0.2, 0.25) is 0 Å². The van der Waals surface area contributed by atoms with E-state index in [1.54, 1.807) is 13.0 Å². The summed E-state index contributed by atoms with van der Waals surface area (Å²) < 4.78 is 13.9. The first-order valence-electron chi connectivity index (χ1n) is 6.45. The summed E-state index contributed by atoms with van der Waals surface area (Å²) in [6.45, 7) is 1.80. The number of allylic oxidation sites excluding steroid dienone is 1. The summed E-state index contributed by atoms with van der Waals surface area (Å²) in [7, 11) is 0. The Hall–Kier alpha value is -1.31. The molecule has 0 bridgehead atoms. The minimum absolute atomic E-state index is 0.122. The molecule has 0 amide bonds. The second kappa shape index (κ2) is 5.85. The van der Waals surface area contributed by atoms with Gasteiger partial charge in [0.05, 0.1) is 5.69 Å². The Labute approximate surface area is 103 Å². The van der Waals surface area contributed by atoms with Crippen molar-refractivity contribution in [1.29, 1.82) is 0 Å². The molecule has 0 radical (unpaired) electrons. The molecule has 1 N–H and O–H groups in total. The molecule has 0 aliphatic heterocycles. The maximum atomic E-state index is 13.9. The van der Waals surface area contributed by atoms with E-state index >= 15 is 0 Å². The van der Waals surface area contributed by atoms with Crippen LogP contribution in [-0.4, -0.2) is 6.04 Å². The Morgan fingerprint density at radius 3 is 3.00 bits per heavy atom. The lowest BCUT2D eigenvalue weighted by molar-refractivity contribution is 0.596. The first-order valence-corrected chi connectivity index (χ1v) is 6.45. The maximum Gasteiger partial charge on any atom is 0.149 e. The second-order valence-corrected chi connectivity index (χ2v) is 4.75. The van der Waals surface area contributed by atoms with E-state index in [-0.39, 0.29) is 11.9 Å². The molecule has 1 aromatic carbocycles. The fraction of sp³-hybridized carbons (Fsp3) is 0.467. The number of rotatable bonds is 2. The van der Waals surface area contributed by atoms with E-state index in [1.807, 2.05) is 12.1 Å². The minimum Gasteiger partial charge on any atom is -0.376 e. The van der Waals surface area contributed by atoms with Crippen LogP contribution >= 0.6 is 0 Å². The summed E-state index contributed by atoms with van der Waals surface area (Å²) in [5.41, 5.74) is 1.32. The van der Waals surface area contributed by atoms with Gasteiger partial charge in [-0.2, -0.15) is 0 Å². The largest absolute Gasteiger partial charge is 0.376 e. The summed E-state index contributed by atoms with van der Waals surface area (Å²) >= 11 is 0. The molecular formula is C15H20FN. The fourth-order valence-electron chi connectivity index (χ4n) is 2.24. The molecule has 92 valence electrons. The molecule has 2 rings (SSSR count). The van der Waals surface area contributed by atoms with Crippen molar-refractivity contribution in [2.24, 2.45) is 0 Å². The van der Waals surface area contributed by atoms with Crippen molar-refractivity contribution >= 4 is 5.69 Å². The highest BCUT2D eigenvalue weighted by molar-refractivity contribution is 5.48. The van der Waals surface area contributed by atoms with E-state index in [0.717, 1.165) is 12.8 Å². The highest BCUT2D eigenvalue weighted by Crippen LogP contribution is 2.21. The van der Waals surface area contributed by atoms with Crippen molar-refractivity contribution in [2.45, 2.75) is 45.1 Å². The SMILES string of the molecule is Cc1cccc(NC2/C=C/CCCCC2)c1F. The van der Waals surface area contributed by atoms with Crippen LogP contribution in [0.5, 0.6) is 0 Å².